The van der Waals surface area contributed by atoms with Gasteiger partial charge in [0.15, 0.2) is 0 Å². The van der Waals surface area contributed by atoms with Gasteiger partial charge in [0.25, 0.3) is 5.91 Å². The van der Waals surface area contributed by atoms with E-state index < -0.39 is 17.4 Å². The maximum Gasteiger partial charge on any atom is 0.257 e. The molecule has 168 valence electrons. The summed E-state index contributed by atoms with van der Waals surface area (Å²) in [5.74, 6) is 1.65. The van der Waals surface area contributed by atoms with E-state index in [9.17, 15) is 14.4 Å². The van der Waals surface area contributed by atoms with E-state index in [1.165, 1.54) is 6.20 Å². The van der Waals surface area contributed by atoms with E-state index in [1.54, 1.807) is 35.0 Å². The van der Waals surface area contributed by atoms with Crippen molar-refractivity contribution >= 4 is 28.5 Å². The molecule has 0 saturated carbocycles. The van der Waals surface area contributed by atoms with Crippen LogP contribution in [0.4, 0.5) is 5.69 Å². The van der Waals surface area contributed by atoms with Crippen molar-refractivity contribution in [2.45, 2.75) is 19.0 Å². The van der Waals surface area contributed by atoms with Crippen LogP contribution >= 0.6 is 0 Å². The summed E-state index contributed by atoms with van der Waals surface area (Å²) in [5, 5.41) is 5.98. The number of hydrogen-bond donors (Lipinski definition) is 2. The lowest BCUT2D eigenvalue weighted by Crippen LogP contribution is -2.35. The van der Waals surface area contributed by atoms with Gasteiger partial charge in [0.1, 0.15) is 11.2 Å². The maximum absolute atomic E-state index is 13.3. The van der Waals surface area contributed by atoms with E-state index in [2.05, 4.69) is 21.5 Å². The number of amides is 2. The van der Waals surface area contributed by atoms with Gasteiger partial charge in [-0.3, -0.25) is 14.4 Å². The molecule has 1 atom stereocenters. The number of nitrogens with one attached hydrogen (secondary N) is 2. The quantitative estimate of drug-likeness (QED) is 0.421. The number of hydrogen-bond acceptors (Lipinski definition) is 4. The van der Waals surface area contributed by atoms with Crippen LogP contribution in [0.2, 0.25) is 0 Å². The van der Waals surface area contributed by atoms with Gasteiger partial charge in [-0.05, 0) is 29.8 Å². The second kappa shape index (κ2) is 10.3. The van der Waals surface area contributed by atoms with E-state index in [0.29, 0.717) is 16.7 Å². The number of aromatic nitrogens is 2. The summed E-state index contributed by atoms with van der Waals surface area (Å²) < 4.78 is 1.59. The summed E-state index contributed by atoms with van der Waals surface area (Å²) in [7, 11) is 0. The third-order valence-corrected chi connectivity index (χ3v) is 5.29. The van der Waals surface area contributed by atoms with Crippen molar-refractivity contribution < 1.29 is 9.59 Å². The van der Waals surface area contributed by atoms with Crippen molar-refractivity contribution in [3.05, 3.63) is 107 Å². The summed E-state index contributed by atoms with van der Waals surface area (Å²) >= 11 is 0. The predicted molar refractivity (Wildman–Crippen MR) is 131 cm³/mol. The number of rotatable bonds is 7. The Bertz CT molecular complexity index is 1420. The molecule has 0 radical (unpaired) electrons. The minimum absolute atomic E-state index is 0.0155. The van der Waals surface area contributed by atoms with Crippen molar-refractivity contribution in [1.82, 2.24) is 14.9 Å². The van der Waals surface area contributed by atoms with Crippen LogP contribution in [-0.4, -0.2) is 21.4 Å². The Balaban J connectivity index is 1.64. The molecule has 2 aromatic carbocycles. The molecule has 1 unspecified atom stereocenters. The Hall–Kier alpha value is -4.70. The molecule has 7 nitrogen and oxygen atoms in total. The van der Waals surface area contributed by atoms with Crippen molar-refractivity contribution in [1.29, 1.82) is 0 Å². The molecule has 0 spiro atoms. The van der Waals surface area contributed by atoms with Gasteiger partial charge >= 0.3 is 0 Å². The number of benzene rings is 2. The molecule has 7 heteroatoms. The van der Waals surface area contributed by atoms with Crippen molar-refractivity contribution in [2.24, 2.45) is 0 Å². The van der Waals surface area contributed by atoms with Gasteiger partial charge in [0.05, 0.1) is 24.4 Å². The van der Waals surface area contributed by atoms with Crippen molar-refractivity contribution in [3.63, 3.8) is 0 Å². The Morgan fingerprint density at radius 1 is 1.00 bits per heavy atom. The third-order valence-electron chi connectivity index (χ3n) is 5.29. The number of carbonyl (C=O) groups is 2. The molecule has 0 aliphatic rings. The van der Waals surface area contributed by atoms with E-state index in [0.717, 1.165) is 5.56 Å². The molecule has 0 aliphatic heterocycles. The fourth-order valence-electron chi connectivity index (χ4n) is 3.70. The highest BCUT2D eigenvalue weighted by Gasteiger charge is 2.22. The molecule has 2 aromatic heterocycles. The number of carbonyl (C=O) groups excluding carboxylic acids is 2. The summed E-state index contributed by atoms with van der Waals surface area (Å²) in [6.07, 6.45) is 8.43. The molecular formula is C27H22N4O3. The predicted octanol–water partition coefficient (Wildman–Crippen LogP) is 3.53. The number of fused-ring (bicyclic) bond motifs is 1. The first kappa shape index (κ1) is 22.5. The summed E-state index contributed by atoms with van der Waals surface area (Å²) in [6.45, 7) is 0.148. The third kappa shape index (κ3) is 5.03. The van der Waals surface area contributed by atoms with Crippen LogP contribution in [0.3, 0.4) is 0 Å². The van der Waals surface area contributed by atoms with Gasteiger partial charge in [0, 0.05) is 18.1 Å². The summed E-state index contributed by atoms with van der Waals surface area (Å²) in [6, 6.07) is 20.8. The minimum atomic E-state index is -0.650. The van der Waals surface area contributed by atoms with Crippen LogP contribution in [0, 0.1) is 12.3 Å². The van der Waals surface area contributed by atoms with E-state index in [1.807, 2.05) is 48.5 Å². The largest absolute Gasteiger partial charge is 0.345 e. The topological polar surface area (TPSA) is 93.1 Å². The van der Waals surface area contributed by atoms with Crippen LogP contribution in [0.15, 0.2) is 90.0 Å². The Morgan fingerprint density at radius 3 is 2.41 bits per heavy atom. The lowest BCUT2D eigenvalue weighted by Gasteiger charge is -2.19. The molecule has 0 fully saturated rings. The average Bonchev–Trinajstić information content (AvgIpc) is 2.86. The number of para-hydroxylation sites is 1. The standard InChI is InChI=1S/C27H22N4O3/c1-2-16-31-18-22(25(33)21-14-9-15-28-26(21)31)27(34)30-23(19-10-5-3-6-11-19)17-24(32)29-20-12-7-4-8-13-20/h1,3-15,18,23H,16-17H2,(H,29,32)(H,30,34). The van der Waals surface area contributed by atoms with E-state index in [-0.39, 0.29) is 24.4 Å². The molecule has 4 rings (SSSR count). The second-order valence-corrected chi connectivity index (χ2v) is 7.63. The van der Waals surface area contributed by atoms with Crippen LogP contribution in [0.25, 0.3) is 11.0 Å². The Kier molecular flexibility index (Phi) is 6.80. The van der Waals surface area contributed by atoms with Crippen LogP contribution in [-0.2, 0) is 11.3 Å². The zero-order valence-corrected chi connectivity index (χ0v) is 18.3. The van der Waals surface area contributed by atoms with Crippen LogP contribution in [0.1, 0.15) is 28.4 Å². The minimum Gasteiger partial charge on any atom is -0.345 e. The highest BCUT2D eigenvalue weighted by atomic mass is 16.2. The van der Waals surface area contributed by atoms with Gasteiger partial charge in [-0.15, -0.1) is 6.42 Å². The number of anilines is 1. The molecular weight excluding hydrogens is 428 g/mol. The fraction of sp³-hybridized carbons (Fsp3) is 0.111. The first-order valence-electron chi connectivity index (χ1n) is 10.7. The maximum atomic E-state index is 13.3. The zero-order valence-electron chi connectivity index (χ0n) is 18.3. The van der Waals surface area contributed by atoms with Crippen LogP contribution in [0.5, 0.6) is 0 Å². The number of nitrogens with zero attached hydrogens (tertiary/aromatic N) is 2. The van der Waals surface area contributed by atoms with Crippen molar-refractivity contribution in [2.75, 3.05) is 5.32 Å². The van der Waals surface area contributed by atoms with Gasteiger partial charge in [-0.25, -0.2) is 4.98 Å². The molecule has 34 heavy (non-hydrogen) atoms. The monoisotopic (exact) mass is 450 g/mol. The second-order valence-electron chi connectivity index (χ2n) is 7.63. The van der Waals surface area contributed by atoms with Gasteiger partial charge in [0.2, 0.25) is 11.3 Å². The molecule has 4 aromatic rings. The molecule has 0 saturated heterocycles. The van der Waals surface area contributed by atoms with E-state index >= 15 is 0 Å². The normalized spacial score (nSPS) is 11.4. The molecule has 2 heterocycles. The van der Waals surface area contributed by atoms with E-state index in [4.69, 9.17) is 6.42 Å². The van der Waals surface area contributed by atoms with Crippen molar-refractivity contribution in [3.8, 4) is 12.3 Å². The summed E-state index contributed by atoms with van der Waals surface area (Å²) in [5.41, 5.74) is 1.29. The summed E-state index contributed by atoms with van der Waals surface area (Å²) in [4.78, 5) is 43.3. The Labute approximate surface area is 196 Å². The van der Waals surface area contributed by atoms with Gasteiger partial charge < -0.3 is 15.2 Å². The molecule has 2 N–H and O–H groups in total. The first-order valence-corrected chi connectivity index (χ1v) is 10.7. The highest BCUT2D eigenvalue weighted by molar-refractivity contribution is 5.98. The Morgan fingerprint density at radius 2 is 1.71 bits per heavy atom. The number of pyridine rings is 2. The fourth-order valence-corrected chi connectivity index (χ4v) is 3.70. The van der Waals surface area contributed by atoms with Crippen LogP contribution < -0.4 is 16.1 Å². The van der Waals surface area contributed by atoms with Gasteiger partial charge in [-0.1, -0.05) is 54.5 Å². The molecule has 0 bridgehead atoms. The lowest BCUT2D eigenvalue weighted by atomic mass is 10.0. The smallest absolute Gasteiger partial charge is 0.257 e. The lowest BCUT2D eigenvalue weighted by molar-refractivity contribution is -0.116. The molecule has 2 amide bonds. The first-order chi connectivity index (χ1) is 16.6. The molecule has 0 aliphatic carbocycles. The van der Waals surface area contributed by atoms with Gasteiger partial charge in [-0.2, -0.15) is 0 Å². The number of terminal acetylenes is 1. The highest BCUT2D eigenvalue weighted by Crippen LogP contribution is 2.19. The average molecular weight is 450 g/mol. The zero-order chi connectivity index (χ0) is 23.9. The SMILES string of the molecule is C#CCn1cc(C(=O)NC(CC(=O)Nc2ccccc2)c2ccccc2)c(=O)c2cccnc21.